The number of methoxy groups -OCH3 is 1. The maximum atomic E-state index is 13.8. The van der Waals surface area contributed by atoms with Crippen molar-refractivity contribution in [1.82, 2.24) is 4.90 Å². The van der Waals surface area contributed by atoms with E-state index in [1.807, 2.05) is 12.1 Å². The van der Waals surface area contributed by atoms with E-state index in [1.165, 1.54) is 15.3 Å². The van der Waals surface area contributed by atoms with Crippen LogP contribution in [0.25, 0.3) is 0 Å². The zero-order chi connectivity index (χ0) is 32.8. The van der Waals surface area contributed by atoms with Crippen molar-refractivity contribution in [2.75, 3.05) is 13.7 Å². The number of imide groups is 1. The summed E-state index contributed by atoms with van der Waals surface area (Å²) in [6.07, 6.45) is -0.399. The molecule has 5 rings (SSSR count). The average molecular weight is 644 g/mol. The highest BCUT2D eigenvalue weighted by Gasteiger charge is 2.58. The van der Waals surface area contributed by atoms with Crippen LogP contribution in [0.1, 0.15) is 68.7 Å². The largest absolute Gasteiger partial charge is 0.416 e. The molecular weight excluding hydrogens is 595 g/mol. The lowest BCUT2D eigenvalue weighted by Crippen LogP contribution is -2.69. The van der Waals surface area contributed by atoms with E-state index in [9.17, 15) is 9.59 Å². The first kappa shape index (κ1) is 33.5. The van der Waals surface area contributed by atoms with Crippen LogP contribution >= 0.6 is 0 Å². The molecule has 2 amide bonds. The Hall–Kier alpha value is -2.89. The maximum Gasteiger partial charge on any atom is 0.261 e. The van der Waals surface area contributed by atoms with E-state index in [2.05, 4.69) is 103 Å². The fourth-order valence-electron chi connectivity index (χ4n) is 6.87. The van der Waals surface area contributed by atoms with Crippen LogP contribution in [-0.4, -0.2) is 65.3 Å². The van der Waals surface area contributed by atoms with E-state index >= 15 is 0 Å². The molecule has 8 heteroatoms. The molecule has 1 aliphatic heterocycles. The summed E-state index contributed by atoms with van der Waals surface area (Å²) < 4.78 is 20.9. The molecule has 0 bridgehead atoms. The summed E-state index contributed by atoms with van der Waals surface area (Å²) in [4.78, 5) is 29.0. The van der Waals surface area contributed by atoms with Crippen molar-refractivity contribution in [3.8, 4) is 0 Å². The third-order valence-electron chi connectivity index (χ3n) is 10.3. The maximum absolute atomic E-state index is 13.8. The SMILES string of the molecule is CO[C@@H]1C(O[Si](c2ccccc2)(c2ccccc2)C(C)(C)C)[C@@H](CO[Si](C)(C)C(C)(C)C)C[C@H]1N1C(=O)c2ccccc2C1=O. The van der Waals surface area contributed by atoms with Crippen molar-refractivity contribution >= 4 is 38.8 Å². The van der Waals surface area contributed by atoms with Crippen LogP contribution in [0.3, 0.4) is 0 Å². The lowest BCUT2D eigenvalue weighted by molar-refractivity contribution is -0.0279. The molecule has 3 aromatic carbocycles. The molecule has 1 heterocycles. The van der Waals surface area contributed by atoms with Crippen molar-refractivity contribution in [3.05, 3.63) is 96.1 Å². The Kier molecular flexibility index (Phi) is 9.21. The molecular formula is C37H49NO5Si2. The number of amides is 2. The first-order chi connectivity index (χ1) is 21.1. The Balaban J connectivity index is 1.63. The molecule has 1 unspecified atom stereocenters. The number of nitrogens with zero attached hydrogens (tertiary/aromatic N) is 1. The van der Waals surface area contributed by atoms with Gasteiger partial charge in [0.05, 0.1) is 23.3 Å². The topological polar surface area (TPSA) is 65.1 Å². The number of benzene rings is 3. The van der Waals surface area contributed by atoms with Crippen molar-refractivity contribution in [2.45, 2.75) is 89.4 Å². The van der Waals surface area contributed by atoms with E-state index in [-0.39, 0.29) is 27.8 Å². The lowest BCUT2D eigenvalue weighted by atomic mass is 10.1. The van der Waals surface area contributed by atoms with Gasteiger partial charge in [-0.05, 0) is 52.1 Å². The molecule has 0 saturated heterocycles. The summed E-state index contributed by atoms with van der Waals surface area (Å²) >= 11 is 0. The Morgan fingerprint density at radius 1 is 0.711 bits per heavy atom. The van der Waals surface area contributed by atoms with Crippen molar-refractivity contribution in [2.24, 2.45) is 5.92 Å². The number of ether oxygens (including phenoxy) is 1. The van der Waals surface area contributed by atoms with Gasteiger partial charge in [0.25, 0.3) is 20.1 Å². The average Bonchev–Trinajstić information content (AvgIpc) is 3.47. The summed E-state index contributed by atoms with van der Waals surface area (Å²) in [5.41, 5.74) is 0.894. The molecule has 0 spiro atoms. The van der Waals surface area contributed by atoms with Gasteiger partial charge in [-0.15, -0.1) is 0 Å². The van der Waals surface area contributed by atoms with E-state index < -0.39 is 34.9 Å². The van der Waals surface area contributed by atoms with Gasteiger partial charge in [-0.3, -0.25) is 14.5 Å². The van der Waals surface area contributed by atoms with Gasteiger partial charge in [-0.1, -0.05) is 114 Å². The van der Waals surface area contributed by atoms with Crippen molar-refractivity contribution < 1.29 is 23.2 Å². The first-order valence-corrected chi connectivity index (χ1v) is 20.9. The molecule has 0 N–H and O–H groups in total. The molecule has 1 fully saturated rings. The van der Waals surface area contributed by atoms with Crippen LogP contribution in [0.5, 0.6) is 0 Å². The highest BCUT2D eigenvalue weighted by molar-refractivity contribution is 6.99. The normalized spacial score (nSPS) is 22.6. The van der Waals surface area contributed by atoms with Crippen LogP contribution < -0.4 is 10.4 Å². The van der Waals surface area contributed by atoms with Crippen LogP contribution in [0.15, 0.2) is 84.9 Å². The predicted octanol–water partition coefficient (Wildman–Crippen LogP) is 6.65. The highest BCUT2D eigenvalue weighted by Crippen LogP contribution is 2.45. The summed E-state index contributed by atoms with van der Waals surface area (Å²) in [6, 6.07) is 27.7. The third-order valence-corrected chi connectivity index (χ3v) is 19.9. The van der Waals surface area contributed by atoms with Gasteiger partial charge in [0.2, 0.25) is 0 Å². The molecule has 1 saturated carbocycles. The number of carbonyl (C=O) groups is 2. The second kappa shape index (κ2) is 12.4. The number of carbonyl (C=O) groups excluding carboxylic acids is 2. The zero-order valence-corrected chi connectivity index (χ0v) is 30.3. The lowest BCUT2D eigenvalue weighted by Gasteiger charge is -2.47. The van der Waals surface area contributed by atoms with Gasteiger partial charge in [0, 0.05) is 19.6 Å². The van der Waals surface area contributed by atoms with Crippen molar-refractivity contribution in [3.63, 3.8) is 0 Å². The van der Waals surface area contributed by atoms with Crippen LogP contribution in [-0.2, 0) is 13.6 Å². The second-order valence-corrected chi connectivity index (χ2v) is 24.2. The Morgan fingerprint density at radius 3 is 1.60 bits per heavy atom. The third kappa shape index (κ3) is 5.92. The number of hydrogen-bond acceptors (Lipinski definition) is 5. The van der Waals surface area contributed by atoms with Crippen LogP contribution in [0.4, 0.5) is 0 Å². The summed E-state index contributed by atoms with van der Waals surface area (Å²) in [6.45, 7) is 18.5. The second-order valence-electron chi connectivity index (χ2n) is 15.1. The minimum absolute atomic E-state index is 0.0303. The fraction of sp³-hybridized carbons (Fsp3) is 0.459. The van der Waals surface area contributed by atoms with E-state index in [1.54, 1.807) is 31.4 Å². The monoisotopic (exact) mass is 643 g/mol. The number of hydrogen-bond donors (Lipinski definition) is 0. The highest BCUT2D eigenvalue weighted by atomic mass is 28.4. The first-order valence-electron chi connectivity index (χ1n) is 16.1. The minimum atomic E-state index is -3.01. The smallest absolute Gasteiger partial charge is 0.261 e. The molecule has 240 valence electrons. The van der Waals surface area contributed by atoms with E-state index in [0.717, 1.165) is 0 Å². The van der Waals surface area contributed by atoms with Gasteiger partial charge < -0.3 is 13.6 Å². The van der Waals surface area contributed by atoms with Crippen LogP contribution in [0, 0.1) is 5.92 Å². The Labute approximate surface area is 271 Å². The standard InChI is InChI=1S/C37H49NO5Si2/c1-36(2,3)44(8,9)42-25-26-24-31(38-34(39)29-22-16-17-23-30(29)35(38)40)33(41-7)32(26)43-45(37(4,5)6,27-18-12-10-13-19-27)28-20-14-11-15-21-28/h10-23,26,31-33H,24-25H2,1-9H3/t26-,31-,32?,33+/m1/s1. The molecule has 4 atom stereocenters. The minimum Gasteiger partial charge on any atom is -0.416 e. The Morgan fingerprint density at radius 2 is 1.18 bits per heavy atom. The molecule has 1 aliphatic carbocycles. The number of rotatable bonds is 9. The fourth-order valence-corrected chi connectivity index (χ4v) is 12.7. The summed E-state index contributed by atoms with van der Waals surface area (Å²) in [5.74, 6) is -0.629. The molecule has 45 heavy (non-hydrogen) atoms. The van der Waals surface area contributed by atoms with Crippen molar-refractivity contribution in [1.29, 1.82) is 0 Å². The van der Waals surface area contributed by atoms with Gasteiger partial charge >= 0.3 is 0 Å². The molecule has 3 aromatic rings. The van der Waals surface area contributed by atoms with Gasteiger partial charge in [-0.25, -0.2) is 0 Å². The molecule has 0 aromatic heterocycles. The van der Waals surface area contributed by atoms with Gasteiger partial charge in [-0.2, -0.15) is 0 Å². The molecule has 2 aliphatic rings. The van der Waals surface area contributed by atoms with E-state index in [0.29, 0.717) is 24.2 Å². The van der Waals surface area contributed by atoms with E-state index in [4.69, 9.17) is 13.6 Å². The molecule has 0 radical (unpaired) electrons. The number of fused-ring (bicyclic) bond motifs is 1. The van der Waals surface area contributed by atoms with Gasteiger partial charge in [0.1, 0.15) is 6.10 Å². The Bertz CT molecular complexity index is 1440. The van der Waals surface area contributed by atoms with Crippen LogP contribution in [0.2, 0.25) is 23.2 Å². The summed E-state index contributed by atoms with van der Waals surface area (Å²) in [5, 5.41) is 2.12. The predicted molar refractivity (Wildman–Crippen MR) is 185 cm³/mol. The molecule has 6 nitrogen and oxygen atoms in total. The summed E-state index contributed by atoms with van der Waals surface area (Å²) in [7, 11) is -3.45. The van der Waals surface area contributed by atoms with Gasteiger partial charge in [0.15, 0.2) is 8.32 Å². The quantitative estimate of drug-likeness (QED) is 0.193. The zero-order valence-electron chi connectivity index (χ0n) is 28.3.